The molecule has 5 heteroatoms. The van der Waals surface area contributed by atoms with Crippen LogP contribution in [0.4, 0.5) is 10.1 Å². The Morgan fingerprint density at radius 1 is 1.08 bits per heavy atom. The fourth-order valence-electron chi connectivity index (χ4n) is 2.94. The first-order valence-electron chi connectivity index (χ1n) is 8.32. The van der Waals surface area contributed by atoms with E-state index in [0.717, 1.165) is 11.3 Å². The van der Waals surface area contributed by atoms with Crippen molar-refractivity contribution in [2.24, 2.45) is 0 Å². The Kier molecular flexibility index (Phi) is 4.57. The van der Waals surface area contributed by atoms with E-state index in [2.05, 4.69) is 5.32 Å². The van der Waals surface area contributed by atoms with Crippen LogP contribution in [0.25, 0.3) is 0 Å². The lowest BCUT2D eigenvalue weighted by Crippen LogP contribution is -2.41. The van der Waals surface area contributed by atoms with Gasteiger partial charge in [-0.2, -0.15) is 0 Å². The SMILES string of the molecule is Cc1ccc(N2CC[C@H](NC(=O)c3ccc(C)c(F)c3)C2=O)cc1C. The van der Waals surface area contributed by atoms with Crippen LogP contribution >= 0.6 is 0 Å². The van der Waals surface area contributed by atoms with Crippen molar-refractivity contribution in [2.75, 3.05) is 11.4 Å². The van der Waals surface area contributed by atoms with E-state index in [1.54, 1.807) is 24.0 Å². The summed E-state index contributed by atoms with van der Waals surface area (Å²) in [5, 5.41) is 2.72. The molecule has 0 spiro atoms. The highest BCUT2D eigenvalue weighted by Gasteiger charge is 2.33. The van der Waals surface area contributed by atoms with Gasteiger partial charge in [-0.25, -0.2) is 4.39 Å². The minimum atomic E-state index is -0.585. The van der Waals surface area contributed by atoms with Gasteiger partial charge in [-0.05, 0) is 68.1 Å². The van der Waals surface area contributed by atoms with Crippen molar-refractivity contribution in [3.63, 3.8) is 0 Å². The Morgan fingerprint density at radius 3 is 2.48 bits per heavy atom. The number of amides is 2. The lowest BCUT2D eigenvalue weighted by Gasteiger charge is -2.18. The minimum absolute atomic E-state index is 0.135. The Balaban J connectivity index is 1.72. The molecule has 1 aliphatic rings. The van der Waals surface area contributed by atoms with Gasteiger partial charge in [0.2, 0.25) is 5.91 Å². The van der Waals surface area contributed by atoms with Gasteiger partial charge >= 0.3 is 0 Å². The average Bonchev–Trinajstić information content (AvgIpc) is 2.93. The van der Waals surface area contributed by atoms with Gasteiger partial charge < -0.3 is 10.2 Å². The standard InChI is InChI=1S/C20H21FN2O2/c1-12-5-7-16(10-14(12)3)23-9-8-18(20(23)25)22-19(24)15-6-4-13(2)17(21)11-15/h4-7,10-11,18H,8-9H2,1-3H3,(H,22,24)/t18-/m0/s1. The third-order valence-corrected chi connectivity index (χ3v) is 4.75. The van der Waals surface area contributed by atoms with Crippen molar-refractivity contribution in [3.8, 4) is 0 Å². The van der Waals surface area contributed by atoms with E-state index in [-0.39, 0.29) is 11.5 Å². The first-order chi connectivity index (χ1) is 11.9. The molecule has 1 N–H and O–H groups in total. The van der Waals surface area contributed by atoms with Gasteiger partial charge in [0.1, 0.15) is 11.9 Å². The zero-order valence-electron chi connectivity index (χ0n) is 14.6. The Labute approximate surface area is 146 Å². The molecule has 25 heavy (non-hydrogen) atoms. The predicted molar refractivity (Wildman–Crippen MR) is 95.3 cm³/mol. The summed E-state index contributed by atoms with van der Waals surface area (Å²) >= 11 is 0. The third-order valence-electron chi connectivity index (χ3n) is 4.75. The molecule has 0 saturated carbocycles. The van der Waals surface area contributed by atoms with Crippen LogP contribution in [0.2, 0.25) is 0 Å². The summed E-state index contributed by atoms with van der Waals surface area (Å²) in [7, 11) is 0. The second kappa shape index (κ2) is 6.67. The Morgan fingerprint density at radius 2 is 1.80 bits per heavy atom. The van der Waals surface area contributed by atoms with Crippen LogP contribution in [-0.4, -0.2) is 24.4 Å². The number of nitrogens with one attached hydrogen (secondary N) is 1. The lowest BCUT2D eigenvalue weighted by molar-refractivity contribution is -0.118. The van der Waals surface area contributed by atoms with Crippen LogP contribution < -0.4 is 10.2 Å². The quantitative estimate of drug-likeness (QED) is 0.932. The largest absolute Gasteiger partial charge is 0.340 e. The van der Waals surface area contributed by atoms with E-state index in [4.69, 9.17) is 0 Å². The normalized spacial score (nSPS) is 17.0. The first-order valence-corrected chi connectivity index (χ1v) is 8.32. The smallest absolute Gasteiger partial charge is 0.252 e. The van der Waals surface area contributed by atoms with Gasteiger partial charge in [-0.3, -0.25) is 9.59 Å². The lowest BCUT2D eigenvalue weighted by atomic mass is 10.1. The topological polar surface area (TPSA) is 49.4 Å². The van der Waals surface area contributed by atoms with Crippen LogP contribution in [0.5, 0.6) is 0 Å². The summed E-state index contributed by atoms with van der Waals surface area (Å²) in [6.07, 6.45) is 0.534. The summed E-state index contributed by atoms with van der Waals surface area (Å²) in [6, 6.07) is 9.62. The molecular formula is C20H21FN2O2. The fraction of sp³-hybridized carbons (Fsp3) is 0.300. The maximum atomic E-state index is 13.6. The molecule has 1 aliphatic heterocycles. The molecule has 0 radical (unpaired) electrons. The van der Waals surface area contributed by atoms with Gasteiger partial charge in [0.25, 0.3) is 5.91 Å². The molecule has 3 rings (SSSR count). The van der Waals surface area contributed by atoms with E-state index in [0.29, 0.717) is 18.5 Å². The van der Waals surface area contributed by atoms with E-state index < -0.39 is 17.8 Å². The molecule has 1 fully saturated rings. The molecule has 2 aromatic carbocycles. The minimum Gasteiger partial charge on any atom is -0.340 e. The van der Waals surface area contributed by atoms with E-state index in [1.165, 1.54) is 11.6 Å². The van der Waals surface area contributed by atoms with Crippen molar-refractivity contribution in [1.29, 1.82) is 0 Å². The molecule has 0 aromatic heterocycles. The van der Waals surface area contributed by atoms with E-state index in [9.17, 15) is 14.0 Å². The number of hydrogen-bond donors (Lipinski definition) is 1. The average molecular weight is 340 g/mol. The zero-order valence-corrected chi connectivity index (χ0v) is 14.6. The Hall–Kier alpha value is -2.69. The maximum Gasteiger partial charge on any atom is 0.252 e. The van der Waals surface area contributed by atoms with E-state index in [1.807, 2.05) is 32.0 Å². The van der Waals surface area contributed by atoms with Gasteiger partial charge in [0, 0.05) is 17.8 Å². The molecule has 1 atom stereocenters. The van der Waals surface area contributed by atoms with Crippen LogP contribution in [0, 0.1) is 26.6 Å². The first kappa shape index (κ1) is 17.1. The number of benzene rings is 2. The Bertz CT molecular complexity index is 848. The zero-order chi connectivity index (χ0) is 18.1. The molecular weight excluding hydrogens is 319 g/mol. The summed E-state index contributed by atoms with van der Waals surface area (Å²) in [4.78, 5) is 26.6. The second-order valence-corrected chi connectivity index (χ2v) is 6.54. The monoisotopic (exact) mass is 340 g/mol. The summed E-state index contributed by atoms with van der Waals surface area (Å²) < 4.78 is 13.6. The summed E-state index contributed by atoms with van der Waals surface area (Å²) in [5.41, 5.74) is 3.83. The molecule has 0 aliphatic carbocycles. The van der Waals surface area contributed by atoms with Crippen LogP contribution in [-0.2, 0) is 4.79 Å². The van der Waals surface area contributed by atoms with Crippen LogP contribution in [0.3, 0.4) is 0 Å². The highest BCUT2D eigenvalue weighted by atomic mass is 19.1. The highest BCUT2D eigenvalue weighted by molar-refractivity contribution is 6.04. The molecule has 4 nitrogen and oxygen atoms in total. The fourth-order valence-corrected chi connectivity index (χ4v) is 2.94. The van der Waals surface area contributed by atoms with Gasteiger partial charge in [-0.1, -0.05) is 12.1 Å². The highest BCUT2D eigenvalue weighted by Crippen LogP contribution is 2.24. The number of rotatable bonds is 3. The molecule has 1 heterocycles. The number of nitrogens with zero attached hydrogens (tertiary/aromatic N) is 1. The number of anilines is 1. The summed E-state index contributed by atoms with van der Waals surface area (Å²) in [5.74, 6) is -0.995. The van der Waals surface area contributed by atoms with Gasteiger partial charge in [0.15, 0.2) is 0 Å². The number of aryl methyl sites for hydroxylation is 3. The molecule has 130 valence electrons. The maximum absolute atomic E-state index is 13.6. The van der Waals surface area contributed by atoms with Crippen LogP contribution in [0.1, 0.15) is 33.5 Å². The molecule has 0 bridgehead atoms. The molecule has 2 aromatic rings. The van der Waals surface area contributed by atoms with Crippen LogP contribution in [0.15, 0.2) is 36.4 Å². The van der Waals surface area contributed by atoms with Crippen molar-refractivity contribution in [3.05, 3.63) is 64.5 Å². The van der Waals surface area contributed by atoms with Gasteiger partial charge in [0.05, 0.1) is 0 Å². The summed E-state index contributed by atoms with van der Waals surface area (Å²) in [6.45, 7) is 6.21. The van der Waals surface area contributed by atoms with E-state index >= 15 is 0 Å². The van der Waals surface area contributed by atoms with Crippen molar-refractivity contribution in [2.45, 2.75) is 33.2 Å². The number of carbonyl (C=O) groups excluding carboxylic acids is 2. The molecule has 0 unspecified atom stereocenters. The predicted octanol–water partition coefficient (Wildman–Crippen LogP) is 3.29. The molecule has 2 amide bonds. The third kappa shape index (κ3) is 3.40. The number of halogens is 1. The molecule has 1 saturated heterocycles. The van der Waals surface area contributed by atoms with Crippen molar-refractivity contribution < 1.29 is 14.0 Å². The van der Waals surface area contributed by atoms with Gasteiger partial charge in [-0.15, -0.1) is 0 Å². The van der Waals surface area contributed by atoms with Crippen molar-refractivity contribution in [1.82, 2.24) is 5.32 Å². The number of hydrogen-bond acceptors (Lipinski definition) is 2. The van der Waals surface area contributed by atoms with Crippen molar-refractivity contribution >= 4 is 17.5 Å². The number of carbonyl (C=O) groups is 2. The second-order valence-electron chi connectivity index (χ2n) is 6.54.